The minimum atomic E-state index is -0.955. The van der Waals surface area contributed by atoms with Crippen LogP contribution in [0.25, 0.3) is 0 Å². The zero-order chi connectivity index (χ0) is 22.3. The molecule has 0 saturated heterocycles. The third-order valence-corrected chi connectivity index (χ3v) is 3.10. The molecule has 0 saturated carbocycles. The first-order chi connectivity index (χ1) is 12.4. The number of hydrogen-bond acceptors (Lipinski definition) is 7. The van der Waals surface area contributed by atoms with Crippen molar-refractivity contribution in [2.45, 2.75) is 104 Å². The molecule has 2 atom stereocenters. The SMILES string of the molecule is CC(C)(C)OC[C@H](NC(=O)CC[C@H](N)C(=O)OC(C)(C)C)C(=O)OC(C)(C)C. The Balaban J connectivity index is 4.81. The highest BCUT2D eigenvalue weighted by Gasteiger charge is 2.29. The van der Waals surface area contributed by atoms with Gasteiger partial charge in [0.1, 0.15) is 17.2 Å². The summed E-state index contributed by atoms with van der Waals surface area (Å²) in [4.78, 5) is 36.6. The molecule has 164 valence electrons. The second kappa shape index (κ2) is 10.2. The summed E-state index contributed by atoms with van der Waals surface area (Å²) in [5.41, 5.74) is 3.97. The van der Waals surface area contributed by atoms with Crippen molar-refractivity contribution < 1.29 is 28.6 Å². The maximum absolute atomic E-state index is 12.4. The summed E-state index contributed by atoms with van der Waals surface area (Å²) in [6.45, 7) is 16.0. The summed E-state index contributed by atoms with van der Waals surface area (Å²) in [7, 11) is 0. The van der Waals surface area contributed by atoms with Crippen molar-refractivity contribution in [2.24, 2.45) is 5.73 Å². The molecule has 1 amide bonds. The maximum Gasteiger partial charge on any atom is 0.331 e. The Morgan fingerprint density at radius 1 is 0.821 bits per heavy atom. The largest absolute Gasteiger partial charge is 0.459 e. The number of carbonyl (C=O) groups is 3. The van der Waals surface area contributed by atoms with Crippen molar-refractivity contribution in [3.05, 3.63) is 0 Å². The molecule has 3 N–H and O–H groups in total. The van der Waals surface area contributed by atoms with E-state index in [2.05, 4.69) is 5.32 Å². The number of hydrogen-bond donors (Lipinski definition) is 2. The summed E-state index contributed by atoms with van der Waals surface area (Å²) >= 11 is 0. The fourth-order valence-corrected chi connectivity index (χ4v) is 1.92. The lowest BCUT2D eigenvalue weighted by Gasteiger charge is -2.27. The minimum Gasteiger partial charge on any atom is -0.459 e. The van der Waals surface area contributed by atoms with Crippen LogP contribution in [0.3, 0.4) is 0 Å². The smallest absolute Gasteiger partial charge is 0.331 e. The third kappa shape index (κ3) is 13.5. The first-order valence-electron chi connectivity index (χ1n) is 9.54. The van der Waals surface area contributed by atoms with Gasteiger partial charge in [0, 0.05) is 6.42 Å². The van der Waals surface area contributed by atoms with E-state index in [1.807, 2.05) is 20.8 Å². The van der Waals surface area contributed by atoms with Crippen LogP contribution in [0.2, 0.25) is 0 Å². The van der Waals surface area contributed by atoms with Crippen LogP contribution in [0.5, 0.6) is 0 Å². The van der Waals surface area contributed by atoms with Gasteiger partial charge in [-0.25, -0.2) is 4.79 Å². The van der Waals surface area contributed by atoms with E-state index in [4.69, 9.17) is 19.9 Å². The van der Waals surface area contributed by atoms with E-state index in [9.17, 15) is 14.4 Å². The highest BCUT2D eigenvalue weighted by Crippen LogP contribution is 2.13. The third-order valence-electron chi connectivity index (χ3n) is 3.10. The van der Waals surface area contributed by atoms with E-state index in [0.717, 1.165) is 0 Å². The van der Waals surface area contributed by atoms with Crippen LogP contribution in [0.4, 0.5) is 0 Å². The standard InChI is InChI=1S/C20H38N2O6/c1-18(2,3)26-12-14(17(25)28-20(7,8)9)22-15(23)11-10-13(21)16(24)27-19(4,5)6/h13-14H,10-12,21H2,1-9H3,(H,22,23)/t13-,14-/m0/s1. The molecule has 8 heteroatoms. The van der Waals surface area contributed by atoms with Crippen molar-refractivity contribution in [1.29, 1.82) is 0 Å². The van der Waals surface area contributed by atoms with Gasteiger partial charge in [-0.1, -0.05) is 0 Å². The molecule has 0 bridgehead atoms. The highest BCUT2D eigenvalue weighted by molar-refractivity contribution is 5.85. The molecule has 0 rings (SSSR count). The predicted molar refractivity (Wildman–Crippen MR) is 107 cm³/mol. The Kier molecular flexibility index (Phi) is 9.60. The summed E-state index contributed by atoms with van der Waals surface area (Å²) in [5.74, 6) is -1.58. The van der Waals surface area contributed by atoms with Crippen LogP contribution in [0.1, 0.15) is 75.2 Å². The van der Waals surface area contributed by atoms with Crippen LogP contribution in [0, 0.1) is 0 Å². The van der Waals surface area contributed by atoms with Gasteiger partial charge in [0.25, 0.3) is 0 Å². The average molecular weight is 403 g/mol. The molecular formula is C20H38N2O6. The Hall–Kier alpha value is -1.67. The lowest BCUT2D eigenvalue weighted by atomic mass is 10.1. The monoisotopic (exact) mass is 402 g/mol. The molecule has 28 heavy (non-hydrogen) atoms. The first kappa shape index (κ1) is 26.3. The van der Waals surface area contributed by atoms with E-state index in [-0.39, 0.29) is 19.4 Å². The molecule has 0 unspecified atom stereocenters. The molecule has 0 aromatic rings. The second-order valence-corrected chi connectivity index (χ2v) is 9.76. The van der Waals surface area contributed by atoms with Crippen molar-refractivity contribution in [3.63, 3.8) is 0 Å². The molecular weight excluding hydrogens is 364 g/mol. The lowest BCUT2D eigenvalue weighted by Crippen LogP contribution is -2.48. The van der Waals surface area contributed by atoms with E-state index < -0.39 is 46.7 Å². The molecule has 0 aromatic heterocycles. The molecule has 0 radical (unpaired) electrons. The molecule has 0 aromatic carbocycles. The Morgan fingerprint density at radius 2 is 1.29 bits per heavy atom. The Bertz CT molecular complexity index is 540. The van der Waals surface area contributed by atoms with Crippen LogP contribution >= 0.6 is 0 Å². The van der Waals surface area contributed by atoms with Gasteiger partial charge in [0.05, 0.1) is 12.2 Å². The van der Waals surface area contributed by atoms with E-state index >= 15 is 0 Å². The van der Waals surface area contributed by atoms with E-state index in [0.29, 0.717) is 0 Å². The van der Waals surface area contributed by atoms with Gasteiger partial charge in [0.15, 0.2) is 6.04 Å². The summed E-state index contributed by atoms with van der Waals surface area (Å²) < 4.78 is 16.2. The highest BCUT2D eigenvalue weighted by atomic mass is 16.6. The van der Waals surface area contributed by atoms with Gasteiger partial charge in [-0.05, 0) is 68.7 Å². The molecule has 8 nitrogen and oxygen atoms in total. The number of nitrogens with one attached hydrogen (secondary N) is 1. The minimum absolute atomic E-state index is 0.0255. The zero-order valence-electron chi connectivity index (χ0n) is 18.8. The van der Waals surface area contributed by atoms with Crippen molar-refractivity contribution in [2.75, 3.05) is 6.61 Å². The van der Waals surface area contributed by atoms with Gasteiger partial charge in [-0.15, -0.1) is 0 Å². The molecule has 0 aliphatic heterocycles. The van der Waals surface area contributed by atoms with Crippen LogP contribution < -0.4 is 11.1 Å². The van der Waals surface area contributed by atoms with Gasteiger partial charge >= 0.3 is 11.9 Å². The van der Waals surface area contributed by atoms with Gasteiger partial charge in [-0.2, -0.15) is 0 Å². The number of esters is 2. The van der Waals surface area contributed by atoms with Crippen LogP contribution in [-0.4, -0.2) is 53.3 Å². The number of carbonyl (C=O) groups excluding carboxylic acids is 3. The quantitative estimate of drug-likeness (QED) is 0.597. The topological polar surface area (TPSA) is 117 Å². The second-order valence-electron chi connectivity index (χ2n) is 9.76. The summed E-state index contributed by atoms with van der Waals surface area (Å²) in [6.07, 6.45) is 0.0666. The maximum atomic E-state index is 12.4. The van der Waals surface area contributed by atoms with Crippen molar-refractivity contribution in [1.82, 2.24) is 5.32 Å². The predicted octanol–water partition coefficient (Wildman–Crippen LogP) is 2.08. The zero-order valence-corrected chi connectivity index (χ0v) is 18.8. The number of nitrogens with two attached hydrogens (primary N) is 1. The Labute approximate surface area is 168 Å². The van der Waals surface area contributed by atoms with Crippen LogP contribution in [0.15, 0.2) is 0 Å². The number of ether oxygens (including phenoxy) is 3. The fraction of sp³-hybridized carbons (Fsp3) is 0.850. The van der Waals surface area contributed by atoms with Crippen molar-refractivity contribution >= 4 is 17.8 Å². The van der Waals surface area contributed by atoms with Gasteiger partial charge in [0.2, 0.25) is 5.91 Å². The van der Waals surface area contributed by atoms with Gasteiger partial charge < -0.3 is 25.3 Å². The van der Waals surface area contributed by atoms with Crippen LogP contribution in [-0.2, 0) is 28.6 Å². The lowest BCUT2D eigenvalue weighted by molar-refractivity contribution is -0.162. The summed E-state index contributed by atoms with van der Waals surface area (Å²) in [6, 6.07) is -1.88. The summed E-state index contributed by atoms with van der Waals surface area (Å²) in [5, 5.41) is 2.61. The van der Waals surface area contributed by atoms with E-state index in [1.54, 1.807) is 41.5 Å². The normalized spacial score (nSPS) is 14.8. The van der Waals surface area contributed by atoms with E-state index in [1.165, 1.54) is 0 Å². The first-order valence-corrected chi connectivity index (χ1v) is 9.54. The van der Waals surface area contributed by atoms with Crippen molar-refractivity contribution in [3.8, 4) is 0 Å². The molecule has 0 aliphatic carbocycles. The molecule has 0 heterocycles. The molecule has 0 fully saturated rings. The Morgan fingerprint density at radius 3 is 1.71 bits per heavy atom. The molecule has 0 spiro atoms. The van der Waals surface area contributed by atoms with Gasteiger partial charge in [-0.3, -0.25) is 9.59 Å². The number of rotatable bonds is 8. The average Bonchev–Trinajstić information content (AvgIpc) is 2.44. The number of amides is 1. The molecule has 0 aliphatic rings. The fourth-order valence-electron chi connectivity index (χ4n) is 1.92.